The lowest BCUT2D eigenvalue weighted by Gasteiger charge is -2.10. The number of rotatable bonds is 2. The van der Waals surface area contributed by atoms with Gasteiger partial charge in [-0.25, -0.2) is 0 Å². The quantitative estimate of drug-likeness (QED) is 0.660. The number of fused-ring (bicyclic) bond motifs is 1. The van der Waals surface area contributed by atoms with Crippen LogP contribution >= 0.6 is 27.5 Å². The molecule has 5 heteroatoms. The maximum Gasteiger partial charge on any atom is 0.143 e. The molecule has 100 valence electrons. The number of aromatic nitrogens is 1. The summed E-state index contributed by atoms with van der Waals surface area (Å²) in [6, 6.07) is 12.7. The number of nitrogens with zero attached hydrogens (tertiary/aromatic N) is 1. The molecule has 3 rings (SSSR count). The molecule has 1 heterocycles. The number of benzene rings is 2. The number of hydrogen-bond acceptors (Lipinski definition) is 3. The number of nitrogen functional groups attached to an aromatic ring is 1. The first kappa shape index (κ1) is 13.2. The zero-order chi connectivity index (χ0) is 14.1. The number of anilines is 1. The average Bonchev–Trinajstić information content (AvgIpc) is 2.43. The lowest BCUT2D eigenvalue weighted by molar-refractivity contribution is 0.485. The molecular weight excluding hydrogens is 340 g/mol. The van der Waals surface area contributed by atoms with E-state index in [4.69, 9.17) is 22.1 Å². The van der Waals surface area contributed by atoms with Crippen LogP contribution < -0.4 is 10.5 Å². The Bertz CT molecular complexity index is 792. The standard InChI is InChI=1S/C15H10BrClN2O/c16-12-4-2-10(18)8-15(12)20-14-5-6-19-13-7-9(17)1-3-11(13)14/h1-8H,18H2. The lowest BCUT2D eigenvalue weighted by Crippen LogP contribution is -1.91. The summed E-state index contributed by atoms with van der Waals surface area (Å²) in [6.45, 7) is 0. The lowest BCUT2D eigenvalue weighted by atomic mass is 10.2. The third-order valence-corrected chi connectivity index (χ3v) is 3.73. The average molecular weight is 350 g/mol. The topological polar surface area (TPSA) is 48.1 Å². The summed E-state index contributed by atoms with van der Waals surface area (Å²) in [7, 11) is 0. The fraction of sp³-hybridized carbons (Fsp3) is 0. The van der Waals surface area contributed by atoms with E-state index in [9.17, 15) is 0 Å². The molecular formula is C15H10BrClN2O. The SMILES string of the molecule is Nc1ccc(Br)c(Oc2ccnc3cc(Cl)ccc23)c1. The predicted molar refractivity (Wildman–Crippen MR) is 85.4 cm³/mol. The van der Waals surface area contributed by atoms with Gasteiger partial charge >= 0.3 is 0 Å². The van der Waals surface area contributed by atoms with E-state index in [1.807, 2.05) is 24.3 Å². The van der Waals surface area contributed by atoms with E-state index in [1.54, 1.807) is 24.4 Å². The van der Waals surface area contributed by atoms with Crippen molar-refractivity contribution in [1.29, 1.82) is 0 Å². The number of halogens is 2. The maximum absolute atomic E-state index is 5.97. The first-order valence-electron chi connectivity index (χ1n) is 5.90. The van der Waals surface area contributed by atoms with Crippen LogP contribution in [0.15, 0.2) is 53.1 Å². The molecule has 0 aliphatic rings. The molecule has 0 unspecified atom stereocenters. The molecule has 3 nitrogen and oxygen atoms in total. The largest absolute Gasteiger partial charge is 0.455 e. The molecule has 0 radical (unpaired) electrons. The van der Waals surface area contributed by atoms with Gasteiger partial charge < -0.3 is 10.5 Å². The fourth-order valence-corrected chi connectivity index (χ4v) is 2.39. The van der Waals surface area contributed by atoms with E-state index in [1.165, 1.54) is 0 Å². The van der Waals surface area contributed by atoms with E-state index < -0.39 is 0 Å². The third kappa shape index (κ3) is 2.57. The first-order valence-corrected chi connectivity index (χ1v) is 7.08. The summed E-state index contributed by atoms with van der Waals surface area (Å²) < 4.78 is 6.77. The van der Waals surface area contributed by atoms with Gasteiger partial charge in [-0.3, -0.25) is 4.98 Å². The molecule has 2 N–H and O–H groups in total. The Hall–Kier alpha value is -1.78. The van der Waals surface area contributed by atoms with Crippen LogP contribution in [0.3, 0.4) is 0 Å². The van der Waals surface area contributed by atoms with Crippen molar-refractivity contribution in [3.05, 3.63) is 58.2 Å². The van der Waals surface area contributed by atoms with Gasteiger partial charge in [0.15, 0.2) is 0 Å². The van der Waals surface area contributed by atoms with Crippen LogP contribution in [0.4, 0.5) is 5.69 Å². The van der Waals surface area contributed by atoms with Gasteiger partial charge in [0.05, 0.1) is 9.99 Å². The van der Waals surface area contributed by atoms with E-state index >= 15 is 0 Å². The highest BCUT2D eigenvalue weighted by Gasteiger charge is 2.08. The smallest absolute Gasteiger partial charge is 0.143 e. The van der Waals surface area contributed by atoms with Crippen LogP contribution in [0.25, 0.3) is 10.9 Å². The van der Waals surface area contributed by atoms with E-state index in [0.717, 1.165) is 15.4 Å². The van der Waals surface area contributed by atoms with Crippen molar-refractivity contribution >= 4 is 44.1 Å². The Morgan fingerprint density at radius 2 is 1.90 bits per heavy atom. The summed E-state index contributed by atoms with van der Waals surface area (Å²) in [4.78, 5) is 4.28. The monoisotopic (exact) mass is 348 g/mol. The molecule has 0 bridgehead atoms. The molecule has 2 aromatic carbocycles. The van der Waals surface area contributed by atoms with Gasteiger partial charge in [-0.05, 0) is 52.3 Å². The summed E-state index contributed by atoms with van der Waals surface area (Å²) in [5.41, 5.74) is 7.21. The molecule has 0 atom stereocenters. The van der Waals surface area contributed by atoms with Crippen LogP contribution in [0.5, 0.6) is 11.5 Å². The van der Waals surface area contributed by atoms with Crippen LogP contribution in [-0.2, 0) is 0 Å². The molecule has 0 saturated carbocycles. The Morgan fingerprint density at radius 3 is 2.75 bits per heavy atom. The van der Waals surface area contributed by atoms with Gasteiger partial charge in [-0.1, -0.05) is 11.6 Å². The third-order valence-electron chi connectivity index (χ3n) is 2.84. The van der Waals surface area contributed by atoms with Gasteiger partial charge in [-0.2, -0.15) is 0 Å². The Morgan fingerprint density at radius 1 is 1.05 bits per heavy atom. The Labute approximate surface area is 129 Å². The molecule has 0 saturated heterocycles. The van der Waals surface area contributed by atoms with Gasteiger partial charge in [0.25, 0.3) is 0 Å². The zero-order valence-electron chi connectivity index (χ0n) is 10.3. The minimum absolute atomic E-state index is 0.643. The van der Waals surface area contributed by atoms with Crippen molar-refractivity contribution < 1.29 is 4.74 Å². The molecule has 3 aromatic rings. The normalized spacial score (nSPS) is 10.7. The number of ether oxygens (including phenoxy) is 1. The van der Waals surface area contributed by atoms with Crippen LogP contribution in [-0.4, -0.2) is 4.98 Å². The maximum atomic E-state index is 5.97. The highest BCUT2D eigenvalue weighted by atomic mass is 79.9. The second kappa shape index (κ2) is 5.31. The molecule has 1 aromatic heterocycles. The van der Waals surface area contributed by atoms with Crippen LogP contribution in [0.1, 0.15) is 0 Å². The fourth-order valence-electron chi connectivity index (χ4n) is 1.90. The van der Waals surface area contributed by atoms with Crippen molar-refractivity contribution in [2.75, 3.05) is 5.73 Å². The molecule has 0 aliphatic carbocycles. The second-order valence-corrected chi connectivity index (χ2v) is 5.55. The number of nitrogens with two attached hydrogens (primary N) is 1. The minimum atomic E-state index is 0.643. The molecule has 0 amide bonds. The predicted octanol–water partition coefficient (Wildman–Crippen LogP) is 5.03. The molecule has 0 fully saturated rings. The number of hydrogen-bond donors (Lipinski definition) is 1. The van der Waals surface area contributed by atoms with Gasteiger partial charge in [0, 0.05) is 28.4 Å². The summed E-state index contributed by atoms with van der Waals surface area (Å²) in [5.74, 6) is 1.37. The van der Waals surface area contributed by atoms with Crippen molar-refractivity contribution in [3.8, 4) is 11.5 Å². The van der Waals surface area contributed by atoms with Crippen LogP contribution in [0, 0.1) is 0 Å². The van der Waals surface area contributed by atoms with Crippen molar-refractivity contribution in [3.63, 3.8) is 0 Å². The summed E-state index contributed by atoms with van der Waals surface area (Å²) >= 11 is 9.42. The molecule has 20 heavy (non-hydrogen) atoms. The summed E-state index contributed by atoms with van der Waals surface area (Å²) in [6.07, 6.45) is 1.69. The van der Waals surface area contributed by atoms with E-state index in [-0.39, 0.29) is 0 Å². The Kier molecular flexibility index (Phi) is 3.51. The van der Waals surface area contributed by atoms with Gasteiger partial charge in [0.1, 0.15) is 11.5 Å². The highest BCUT2D eigenvalue weighted by Crippen LogP contribution is 2.34. The van der Waals surface area contributed by atoms with Gasteiger partial charge in [-0.15, -0.1) is 0 Å². The first-order chi connectivity index (χ1) is 9.63. The van der Waals surface area contributed by atoms with E-state index in [2.05, 4.69) is 20.9 Å². The van der Waals surface area contributed by atoms with Gasteiger partial charge in [0.2, 0.25) is 0 Å². The number of pyridine rings is 1. The molecule has 0 spiro atoms. The van der Waals surface area contributed by atoms with Crippen LogP contribution in [0.2, 0.25) is 5.02 Å². The van der Waals surface area contributed by atoms with Crippen molar-refractivity contribution in [2.24, 2.45) is 0 Å². The Balaban J connectivity index is 2.09. The summed E-state index contributed by atoms with van der Waals surface area (Å²) in [5, 5.41) is 1.54. The van der Waals surface area contributed by atoms with E-state index in [0.29, 0.717) is 22.2 Å². The molecule has 0 aliphatic heterocycles. The van der Waals surface area contributed by atoms with Crippen molar-refractivity contribution in [1.82, 2.24) is 4.98 Å². The minimum Gasteiger partial charge on any atom is -0.455 e. The zero-order valence-corrected chi connectivity index (χ0v) is 12.6. The second-order valence-electron chi connectivity index (χ2n) is 4.26. The highest BCUT2D eigenvalue weighted by molar-refractivity contribution is 9.10. The van der Waals surface area contributed by atoms with Crippen molar-refractivity contribution in [2.45, 2.75) is 0 Å².